The van der Waals surface area contributed by atoms with E-state index in [1.165, 1.54) is 14.2 Å². The minimum Gasteiger partial charge on any atom is -0.493 e. The van der Waals surface area contributed by atoms with Crippen molar-refractivity contribution >= 4 is 23.4 Å². The van der Waals surface area contributed by atoms with Crippen LogP contribution in [0.25, 0.3) is 0 Å². The molecule has 8 heteroatoms. The van der Waals surface area contributed by atoms with Crippen LogP contribution in [0.3, 0.4) is 0 Å². The Hall–Kier alpha value is -3.24. The number of nitrogens with one attached hydrogen (secondary N) is 1. The Bertz CT molecular complexity index is 1120. The number of nitriles is 1. The molecule has 7 nitrogen and oxygen atoms in total. The van der Waals surface area contributed by atoms with Crippen LogP contribution in [0.1, 0.15) is 55.7 Å². The van der Waals surface area contributed by atoms with Crippen LogP contribution in [0.2, 0.25) is 5.02 Å². The first kappa shape index (κ1) is 24.9. The number of carbonyl (C=O) groups excluding carboxylic acids is 2. The molecule has 35 heavy (non-hydrogen) atoms. The molecule has 1 saturated heterocycles. The second-order valence-electron chi connectivity index (χ2n) is 9.14. The van der Waals surface area contributed by atoms with Crippen molar-refractivity contribution in [2.75, 3.05) is 20.8 Å². The van der Waals surface area contributed by atoms with Crippen LogP contribution in [-0.2, 0) is 15.0 Å². The van der Waals surface area contributed by atoms with Crippen LogP contribution in [0.4, 0.5) is 0 Å². The molecule has 1 unspecified atom stereocenters. The summed E-state index contributed by atoms with van der Waals surface area (Å²) in [5, 5.41) is 13.3. The van der Waals surface area contributed by atoms with Gasteiger partial charge in [-0.3, -0.25) is 9.59 Å². The minimum absolute atomic E-state index is 0.00500. The van der Waals surface area contributed by atoms with E-state index in [0.29, 0.717) is 35.1 Å². The van der Waals surface area contributed by atoms with Crippen molar-refractivity contribution in [3.8, 4) is 17.6 Å². The fourth-order valence-corrected chi connectivity index (χ4v) is 5.52. The van der Waals surface area contributed by atoms with Crippen molar-refractivity contribution in [2.45, 2.75) is 56.0 Å². The first-order valence-electron chi connectivity index (χ1n) is 11.9. The number of methoxy groups -OCH3 is 2. The van der Waals surface area contributed by atoms with Crippen LogP contribution in [-0.4, -0.2) is 43.5 Å². The van der Waals surface area contributed by atoms with Gasteiger partial charge in [0.15, 0.2) is 11.5 Å². The summed E-state index contributed by atoms with van der Waals surface area (Å²) in [6.45, 7) is 0.528. The van der Waals surface area contributed by atoms with Crippen molar-refractivity contribution < 1.29 is 19.1 Å². The van der Waals surface area contributed by atoms with Crippen molar-refractivity contribution in [3.05, 3.63) is 58.6 Å². The third-order valence-corrected chi connectivity index (χ3v) is 7.49. The number of amides is 2. The molecule has 1 heterocycles. The molecular weight excluding hydrogens is 466 g/mol. The van der Waals surface area contributed by atoms with E-state index in [1.807, 2.05) is 24.3 Å². The van der Waals surface area contributed by atoms with Gasteiger partial charge in [0.05, 0.1) is 25.7 Å². The first-order chi connectivity index (χ1) is 16.9. The van der Waals surface area contributed by atoms with Gasteiger partial charge in [-0.25, -0.2) is 0 Å². The molecule has 1 aliphatic heterocycles. The van der Waals surface area contributed by atoms with Gasteiger partial charge in [-0.15, -0.1) is 0 Å². The minimum atomic E-state index is -0.878. The topological polar surface area (TPSA) is 91.7 Å². The molecular formula is C27H30ClN3O4. The van der Waals surface area contributed by atoms with Crippen LogP contribution in [0.15, 0.2) is 42.5 Å². The summed E-state index contributed by atoms with van der Waals surface area (Å²) in [5.41, 5.74) is 0.907. The second-order valence-corrected chi connectivity index (χ2v) is 9.57. The summed E-state index contributed by atoms with van der Waals surface area (Å²) in [5.74, 6) is 0.690. The van der Waals surface area contributed by atoms with E-state index >= 15 is 0 Å². The van der Waals surface area contributed by atoms with E-state index in [4.69, 9.17) is 21.1 Å². The molecule has 2 aromatic carbocycles. The lowest BCUT2D eigenvalue weighted by atomic mass is 9.77. The van der Waals surface area contributed by atoms with Gasteiger partial charge < -0.3 is 19.7 Å². The Morgan fingerprint density at radius 3 is 2.40 bits per heavy atom. The number of nitrogens with zero attached hydrogens (tertiary/aromatic N) is 2. The molecule has 2 atom stereocenters. The molecule has 0 bridgehead atoms. The summed E-state index contributed by atoms with van der Waals surface area (Å²) in [4.78, 5) is 29.0. The normalized spacial score (nSPS) is 19.6. The zero-order valence-corrected chi connectivity index (χ0v) is 20.8. The van der Waals surface area contributed by atoms with Gasteiger partial charge in [-0.05, 0) is 61.1 Å². The quantitative estimate of drug-likeness (QED) is 0.608. The number of benzene rings is 2. The van der Waals surface area contributed by atoms with Gasteiger partial charge >= 0.3 is 0 Å². The Kier molecular flexibility index (Phi) is 7.51. The van der Waals surface area contributed by atoms with E-state index in [-0.39, 0.29) is 11.8 Å². The van der Waals surface area contributed by atoms with Crippen LogP contribution in [0, 0.1) is 11.3 Å². The van der Waals surface area contributed by atoms with Gasteiger partial charge in [0.1, 0.15) is 12.1 Å². The van der Waals surface area contributed by atoms with E-state index in [0.717, 1.165) is 37.7 Å². The van der Waals surface area contributed by atoms with Crippen molar-refractivity contribution in [1.29, 1.82) is 5.26 Å². The number of ether oxygens (including phenoxy) is 2. The van der Waals surface area contributed by atoms with Gasteiger partial charge in [0, 0.05) is 11.6 Å². The average Bonchev–Trinajstić information content (AvgIpc) is 3.58. The molecule has 1 saturated carbocycles. The van der Waals surface area contributed by atoms with Crippen molar-refractivity contribution in [2.24, 2.45) is 0 Å². The fourth-order valence-electron chi connectivity index (χ4n) is 5.39. The first-order valence-corrected chi connectivity index (χ1v) is 12.3. The molecule has 4 rings (SSSR count). The highest BCUT2D eigenvalue weighted by atomic mass is 35.5. The summed E-state index contributed by atoms with van der Waals surface area (Å²) in [6.07, 6.45) is 4.76. The number of hydrogen-bond donors (Lipinski definition) is 1. The van der Waals surface area contributed by atoms with Gasteiger partial charge in [0.2, 0.25) is 11.8 Å². The number of carbonyl (C=O) groups is 2. The largest absolute Gasteiger partial charge is 0.493 e. The molecule has 2 aromatic rings. The molecule has 2 amide bonds. The van der Waals surface area contributed by atoms with Crippen LogP contribution < -0.4 is 14.8 Å². The Balaban J connectivity index is 1.55. The predicted molar refractivity (Wildman–Crippen MR) is 132 cm³/mol. The zero-order chi connectivity index (χ0) is 25.0. The molecule has 2 aliphatic rings. The van der Waals surface area contributed by atoms with E-state index in [9.17, 15) is 14.9 Å². The monoisotopic (exact) mass is 495 g/mol. The van der Waals surface area contributed by atoms with E-state index in [1.54, 1.807) is 23.1 Å². The van der Waals surface area contributed by atoms with Gasteiger partial charge in [0.25, 0.3) is 0 Å². The van der Waals surface area contributed by atoms with Gasteiger partial charge in [-0.1, -0.05) is 42.6 Å². The molecule has 2 fully saturated rings. The highest BCUT2D eigenvalue weighted by Crippen LogP contribution is 2.44. The van der Waals surface area contributed by atoms with Crippen molar-refractivity contribution in [3.63, 3.8) is 0 Å². The average molecular weight is 496 g/mol. The maximum atomic E-state index is 14.0. The smallest absolute Gasteiger partial charge is 0.244 e. The molecule has 1 aliphatic carbocycles. The lowest BCUT2D eigenvalue weighted by molar-refractivity contribution is -0.143. The summed E-state index contributed by atoms with van der Waals surface area (Å²) in [7, 11) is 3.05. The molecule has 184 valence electrons. The lowest BCUT2D eigenvalue weighted by Gasteiger charge is -2.35. The third kappa shape index (κ3) is 4.81. The number of hydrogen-bond acceptors (Lipinski definition) is 5. The number of likely N-dealkylation sites (tertiary alicyclic amines) is 1. The summed E-state index contributed by atoms with van der Waals surface area (Å²) in [6, 6.07) is 13.3. The molecule has 1 N–H and O–H groups in total. The third-order valence-electron chi connectivity index (χ3n) is 7.24. The molecule has 0 radical (unpaired) electrons. The predicted octanol–water partition coefficient (Wildman–Crippen LogP) is 4.54. The second kappa shape index (κ2) is 10.6. The summed E-state index contributed by atoms with van der Waals surface area (Å²) < 4.78 is 10.6. The standard InChI is InChI=1S/C27H30ClN3O4/c1-34-23-12-7-18(16-24(23)35-2)21(17-29)30-25(32)22-6-5-15-31(22)26(33)27(13-3-4-14-27)19-8-10-20(28)11-9-19/h7-12,16,21-22H,3-6,13-15H2,1-2H3,(H,30,32)/t21?,22-/m0/s1. The maximum Gasteiger partial charge on any atom is 0.244 e. The van der Waals surface area contributed by atoms with E-state index < -0.39 is 17.5 Å². The number of rotatable bonds is 7. The van der Waals surface area contributed by atoms with Crippen LogP contribution in [0.5, 0.6) is 11.5 Å². The Labute approximate surface area is 211 Å². The van der Waals surface area contributed by atoms with Gasteiger partial charge in [-0.2, -0.15) is 5.26 Å². The number of halogens is 1. The Morgan fingerprint density at radius 2 is 1.77 bits per heavy atom. The highest BCUT2D eigenvalue weighted by molar-refractivity contribution is 6.30. The maximum absolute atomic E-state index is 14.0. The molecule has 0 aromatic heterocycles. The van der Waals surface area contributed by atoms with Crippen molar-refractivity contribution in [1.82, 2.24) is 10.2 Å². The summed E-state index contributed by atoms with van der Waals surface area (Å²) >= 11 is 6.09. The van der Waals surface area contributed by atoms with E-state index in [2.05, 4.69) is 11.4 Å². The van der Waals surface area contributed by atoms with Crippen LogP contribution >= 0.6 is 11.6 Å². The lowest BCUT2D eigenvalue weighted by Crippen LogP contribution is -2.52. The molecule has 0 spiro atoms. The highest BCUT2D eigenvalue weighted by Gasteiger charge is 2.48. The Morgan fingerprint density at radius 1 is 1.09 bits per heavy atom. The fraction of sp³-hybridized carbons (Fsp3) is 0.444. The zero-order valence-electron chi connectivity index (χ0n) is 20.1. The SMILES string of the molecule is COc1ccc(C(C#N)NC(=O)[C@@H]2CCCN2C(=O)C2(c3ccc(Cl)cc3)CCCC2)cc1OC.